The average Bonchev–Trinajstić information content (AvgIpc) is 2.99. The zero-order chi connectivity index (χ0) is 15.1. The summed E-state index contributed by atoms with van der Waals surface area (Å²) in [7, 11) is 0. The molecule has 0 aliphatic rings. The third kappa shape index (κ3) is 4.56. The molecular weight excluding hydrogens is 268 g/mol. The molecule has 5 heteroatoms. The van der Waals surface area contributed by atoms with Crippen molar-refractivity contribution in [1.82, 2.24) is 10.6 Å². The highest BCUT2D eigenvalue weighted by atomic mass is 16.5. The Morgan fingerprint density at radius 3 is 2.67 bits per heavy atom. The van der Waals surface area contributed by atoms with E-state index in [1.54, 1.807) is 12.3 Å². The monoisotopic (exact) mass is 288 g/mol. The van der Waals surface area contributed by atoms with Crippen LogP contribution in [0.4, 0.5) is 4.79 Å². The Balaban J connectivity index is 1.82. The molecular formula is C16H20N2O3. The highest BCUT2D eigenvalue weighted by molar-refractivity contribution is 5.74. The van der Waals surface area contributed by atoms with E-state index in [2.05, 4.69) is 10.6 Å². The molecule has 0 fully saturated rings. The maximum atomic E-state index is 11.8. The minimum atomic E-state index is -0.229. The van der Waals surface area contributed by atoms with Gasteiger partial charge in [-0.05, 0) is 43.7 Å². The van der Waals surface area contributed by atoms with Crippen LogP contribution in [0.15, 0.2) is 47.1 Å². The van der Waals surface area contributed by atoms with Crippen LogP contribution in [0.2, 0.25) is 0 Å². The van der Waals surface area contributed by atoms with Crippen LogP contribution in [-0.4, -0.2) is 12.6 Å². The van der Waals surface area contributed by atoms with Crippen molar-refractivity contribution in [3.8, 4) is 5.75 Å². The molecule has 0 bridgehead atoms. The van der Waals surface area contributed by atoms with E-state index in [1.165, 1.54) is 0 Å². The predicted molar refractivity (Wildman–Crippen MR) is 80.1 cm³/mol. The van der Waals surface area contributed by atoms with E-state index in [-0.39, 0.29) is 12.1 Å². The lowest BCUT2D eigenvalue weighted by molar-refractivity contribution is 0.236. The number of benzene rings is 1. The fraction of sp³-hybridized carbons (Fsp3) is 0.312. The van der Waals surface area contributed by atoms with Crippen LogP contribution in [0.5, 0.6) is 5.75 Å². The molecule has 112 valence electrons. The van der Waals surface area contributed by atoms with E-state index in [9.17, 15) is 4.79 Å². The molecule has 5 nitrogen and oxygen atoms in total. The van der Waals surface area contributed by atoms with Crippen LogP contribution in [0, 0.1) is 0 Å². The Labute approximate surface area is 124 Å². The number of furan rings is 1. The average molecular weight is 288 g/mol. The third-order valence-corrected chi connectivity index (χ3v) is 3.04. The molecule has 2 aromatic rings. The molecule has 2 amide bonds. The number of carbonyl (C=O) groups is 1. The second-order valence-corrected chi connectivity index (χ2v) is 4.63. The van der Waals surface area contributed by atoms with Crippen LogP contribution in [-0.2, 0) is 6.54 Å². The molecule has 1 atom stereocenters. The molecule has 0 spiro atoms. The van der Waals surface area contributed by atoms with Crippen LogP contribution in [0.1, 0.15) is 31.2 Å². The first-order valence-corrected chi connectivity index (χ1v) is 6.98. The van der Waals surface area contributed by atoms with Gasteiger partial charge in [0.1, 0.15) is 11.5 Å². The van der Waals surface area contributed by atoms with Gasteiger partial charge >= 0.3 is 6.03 Å². The number of hydrogen-bond acceptors (Lipinski definition) is 3. The minimum absolute atomic E-state index is 0.0859. The summed E-state index contributed by atoms with van der Waals surface area (Å²) in [5.74, 6) is 1.55. The Morgan fingerprint density at radius 1 is 1.29 bits per heavy atom. The van der Waals surface area contributed by atoms with Gasteiger partial charge < -0.3 is 19.8 Å². The quantitative estimate of drug-likeness (QED) is 0.857. The summed E-state index contributed by atoms with van der Waals surface area (Å²) < 4.78 is 10.5. The topological polar surface area (TPSA) is 63.5 Å². The molecule has 1 aromatic heterocycles. The SMILES string of the molecule is CCOc1ccc(C(C)NC(=O)NCc2ccco2)cc1. The van der Waals surface area contributed by atoms with Crippen molar-refractivity contribution in [2.45, 2.75) is 26.4 Å². The van der Waals surface area contributed by atoms with Gasteiger partial charge in [0.2, 0.25) is 0 Å². The number of rotatable bonds is 6. The van der Waals surface area contributed by atoms with Gasteiger partial charge in [0.05, 0.1) is 25.5 Å². The van der Waals surface area contributed by atoms with Crippen molar-refractivity contribution in [1.29, 1.82) is 0 Å². The van der Waals surface area contributed by atoms with E-state index in [0.29, 0.717) is 13.2 Å². The van der Waals surface area contributed by atoms with Crippen LogP contribution in [0.25, 0.3) is 0 Å². The minimum Gasteiger partial charge on any atom is -0.494 e. The van der Waals surface area contributed by atoms with E-state index < -0.39 is 0 Å². The van der Waals surface area contributed by atoms with Crippen LogP contribution >= 0.6 is 0 Å². The summed E-state index contributed by atoms with van der Waals surface area (Å²) in [4.78, 5) is 11.8. The molecule has 0 radical (unpaired) electrons. The highest BCUT2D eigenvalue weighted by Gasteiger charge is 2.09. The van der Waals surface area contributed by atoms with E-state index in [4.69, 9.17) is 9.15 Å². The van der Waals surface area contributed by atoms with Crippen LogP contribution < -0.4 is 15.4 Å². The van der Waals surface area contributed by atoms with Crippen LogP contribution in [0.3, 0.4) is 0 Å². The van der Waals surface area contributed by atoms with Gasteiger partial charge in [-0.2, -0.15) is 0 Å². The van der Waals surface area contributed by atoms with Gasteiger partial charge in [-0.15, -0.1) is 0 Å². The zero-order valence-electron chi connectivity index (χ0n) is 12.3. The summed E-state index contributed by atoms with van der Waals surface area (Å²) in [6.07, 6.45) is 1.58. The second-order valence-electron chi connectivity index (χ2n) is 4.63. The number of urea groups is 1. The van der Waals surface area contributed by atoms with Gasteiger partial charge in [0, 0.05) is 0 Å². The van der Waals surface area contributed by atoms with E-state index >= 15 is 0 Å². The largest absolute Gasteiger partial charge is 0.494 e. The molecule has 1 unspecified atom stereocenters. The number of ether oxygens (including phenoxy) is 1. The number of hydrogen-bond donors (Lipinski definition) is 2. The van der Waals surface area contributed by atoms with Gasteiger partial charge in [0.15, 0.2) is 0 Å². The standard InChI is InChI=1S/C16H20N2O3/c1-3-20-14-8-6-13(7-9-14)12(2)18-16(19)17-11-15-5-4-10-21-15/h4-10,12H,3,11H2,1-2H3,(H2,17,18,19). The smallest absolute Gasteiger partial charge is 0.315 e. The van der Waals surface area contributed by atoms with Crippen molar-refractivity contribution in [2.75, 3.05) is 6.61 Å². The van der Waals surface area contributed by atoms with Gasteiger partial charge in [-0.1, -0.05) is 12.1 Å². The van der Waals surface area contributed by atoms with Crippen molar-refractivity contribution in [3.63, 3.8) is 0 Å². The van der Waals surface area contributed by atoms with Crippen molar-refractivity contribution in [3.05, 3.63) is 54.0 Å². The zero-order valence-corrected chi connectivity index (χ0v) is 12.3. The van der Waals surface area contributed by atoms with E-state index in [1.807, 2.05) is 44.2 Å². The Bertz CT molecular complexity index is 549. The molecule has 0 aliphatic carbocycles. The molecule has 2 rings (SSSR count). The molecule has 0 saturated heterocycles. The first-order valence-electron chi connectivity index (χ1n) is 6.98. The van der Waals surface area contributed by atoms with Crippen molar-refractivity contribution >= 4 is 6.03 Å². The number of nitrogens with one attached hydrogen (secondary N) is 2. The van der Waals surface area contributed by atoms with Gasteiger partial charge in [-0.25, -0.2) is 4.79 Å². The molecule has 0 aliphatic heterocycles. The number of carbonyl (C=O) groups excluding carboxylic acids is 1. The Hall–Kier alpha value is -2.43. The Kier molecular flexibility index (Phi) is 5.26. The van der Waals surface area contributed by atoms with Crippen molar-refractivity contribution < 1.29 is 13.9 Å². The lowest BCUT2D eigenvalue weighted by atomic mass is 10.1. The normalized spacial score (nSPS) is 11.7. The Morgan fingerprint density at radius 2 is 2.05 bits per heavy atom. The fourth-order valence-electron chi connectivity index (χ4n) is 1.93. The predicted octanol–water partition coefficient (Wildman–Crippen LogP) is 3.24. The fourth-order valence-corrected chi connectivity index (χ4v) is 1.93. The van der Waals surface area contributed by atoms with Gasteiger partial charge in [-0.3, -0.25) is 0 Å². The molecule has 0 saturated carbocycles. The first kappa shape index (κ1) is 15.0. The summed E-state index contributed by atoms with van der Waals surface area (Å²) in [6.45, 7) is 4.89. The molecule has 2 N–H and O–H groups in total. The summed E-state index contributed by atoms with van der Waals surface area (Å²) in [6, 6.07) is 11.0. The molecule has 1 aromatic carbocycles. The first-order chi connectivity index (χ1) is 10.2. The highest BCUT2D eigenvalue weighted by Crippen LogP contribution is 2.17. The lowest BCUT2D eigenvalue weighted by Gasteiger charge is -2.15. The number of amides is 2. The van der Waals surface area contributed by atoms with E-state index in [0.717, 1.165) is 17.1 Å². The van der Waals surface area contributed by atoms with Crippen molar-refractivity contribution in [2.24, 2.45) is 0 Å². The summed E-state index contributed by atoms with van der Waals surface area (Å²) >= 11 is 0. The molecule has 1 heterocycles. The summed E-state index contributed by atoms with van der Waals surface area (Å²) in [5, 5.41) is 5.63. The summed E-state index contributed by atoms with van der Waals surface area (Å²) in [5.41, 5.74) is 1.02. The second kappa shape index (κ2) is 7.38. The third-order valence-electron chi connectivity index (χ3n) is 3.04. The molecule has 21 heavy (non-hydrogen) atoms. The lowest BCUT2D eigenvalue weighted by Crippen LogP contribution is -2.36. The van der Waals surface area contributed by atoms with Gasteiger partial charge in [0.25, 0.3) is 0 Å². The maximum absolute atomic E-state index is 11.8. The maximum Gasteiger partial charge on any atom is 0.315 e.